The van der Waals surface area contributed by atoms with Crippen molar-refractivity contribution in [2.75, 3.05) is 39.6 Å². The Morgan fingerprint density at radius 2 is 0.575 bits per heavy atom. The zero-order chi connectivity index (χ0) is 59.2. The molecule has 80 heavy (non-hydrogen) atoms. The molecule has 17 nitrogen and oxygen atoms in total. The summed E-state index contributed by atoms with van der Waals surface area (Å²) in [6.45, 7) is 7.10. The van der Waals surface area contributed by atoms with Gasteiger partial charge in [-0.15, -0.1) is 0 Å². The number of hydrogen-bond donors (Lipinski definition) is 3. The molecule has 19 heteroatoms. The summed E-state index contributed by atoms with van der Waals surface area (Å²) in [6.07, 6.45) is 37.6. The van der Waals surface area contributed by atoms with Crippen LogP contribution < -0.4 is 0 Å². The molecule has 0 bridgehead atoms. The summed E-state index contributed by atoms with van der Waals surface area (Å²) < 4.78 is 67.8. The van der Waals surface area contributed by atoms with Gasteiger partial charge in [0.15, 0.2) is 12.2 Å². The Morgan fingerprint density at radius 1 is 0.338 bits per heavy atom. The number of carbonyl (C=O) groups is 4. The first-order valence-corrected chi connectivity index (χ1v) is 35.1. The van der Waals surface area contributed by atoms with Gasteiger partial charge >= 0.3 is 39.5 Å². The minimum atomic E-state index is -4.94. The van der Waals surface area contributed by atoms with Gasteiger partial charge in [0.25, 0.3) is 0 Å². The summed E-state index contributed by atoms with van der Waals surface area (Å²) in [7, 11) is -9.87. The molecule has 5 atom stereocenters. The van der Waals surface area contributed by atoms with E-state index < -0.39 is 97.5 Å². The molecule has 474 valence electrons. The zero-order valence-corrected chi connectivity index (χ0v) is 53.0. The maximum Gasteiger partial charge on any atom is 0.472 e. The molecular weight excluding hydrogens is 1070 g/mol. The molecule has 0 aromatic carbocycles. The monoisotopic (exact) mass is 1180 g/mol. The summed E-state index contributed by atoms with van der Waals surface area (Å²) in [4.78, 5) is 71.9. The van der Waals surface area contributed by atoms with Crippen LogP contribution in [-0.4, -0.2) is 96.7 Å². The molecule has 0 aliphatic rings. The standard InChI is InChI=1S/C61H118O17P2/c1-6-9-12-15-18-21-22-23-25-32-37-42-47-61(66)78-57(51-72-59(64)45-40-35-30-27-26-28-33-38-43-54(4)5)53-76-80(69,70)74-49-55(62)48-73-79(67,68)75-52-56(50-71-58(63)44-39-34-29-20-17-14-11-8-3)77-60(65)46-41-36-31-24-19-16-13-10-7-2/h54-57,62H,6-53H2,1-5H3,(H,67,68)(H,69,70)/t55-,56+,57+/m0/s1. The minimum absolute atomic E-state index is 0.106. The van der Waals surface area contributed by atoms with Gasteiger partial charge in [0.2, 0.25) is 0 Å². The van der Waals surface area contributed by atoms with Crippen LogP contribution in [0, 0.1) is 5.92 Å². The predicted octanol–water partition coefficient (Wildman–Crippen LogP) is 16.6. The van der Waals surface area contributed by atoms with Crippen LogP contribution in [0.1, 0.15) is 304 Å². The Kier molecular flexibility index (Phi) is 53.6. The van der Waals surface area contributed by atoms with Gasteiger partial charge in [-0.2, -0.15) is 0 Å². The summed E-state index contributed by atoms with van der Waals surface area (Å²) in [5, 5.41) is 10.5. The quantitative estimate of drug-likeness (QED) is 0.0222. The summed E-state index contributed by atoms with van der Waals surface area (Å²) >= 11 is 0. The van der Waals surface area contributed by atoms with Gasteiger partial charge in [-0.25, -0.2) is 9.13 Å². The lowest BCUT2D eigenvalue weighted by Crippen LogP contribution is -2.30. The van der Waals surface area contributed by atoms with Crippen molar-refractivity contribution in [1.82, 2.24) is 0 Å². The topological polar surface area (TPSA) is 237 Å². The largest absolute Gasteiger partial charge is 0.472 e. The van der Waals surface area contributed by atoms with E-state index >= 15 is 0 Å². The molecule has 0 aromatic rings. The van der Waals surface area contributed by atoms with Gasteiger partial charge in [0.1, 0.15) is 19.3 Å². The first-order valence-electron chi connectivity index (χ1n) is 32.1. The third kappa shape index (κ3) is 55.3. The Labute approximate surface area is 486 Å². The van der Waals surface area contributed by atoms with Crippen molar-refractivity contribution in [3.8, 4) is 0 Å². The number of ether oxygens (including phenoxy) is 4. The molecule has 0 fully saturated rings. The fourth-order valence-electron chi connectivity index (χ4n) is 9.05. The highest BCUT2D eigenvalue weighted by Crippen LogP contribution is 2.45. The molecule has 0 aliphatic heterocycles. The molecule has 0 rings (SSSR count). The first-order chi connectivity index (χ1) is 38.5. The average molecular weight is 1190 g/mol. The summed E-state index contributed by atoms with van der Waals surface area (Å²) in [6, 6.07) is 0. The van der Waals surface area contributed by atoms with Crippen molar-refractivity contribution in [1.29, 1.82) is 0 Å². The summed E-state index contributed by atoms with van der Waals surface area (Å²) in [5.41, 5.74) is 0. The highest BCUT2D eigenvalue weighted by molar-refractivity contribution is 7.47. The molecule has 0 heterocycles. The minimum Gasteiger partial charge on any atom is -0.462 e. The van der Waals surface area contributed by atoms with Crippen LogP contribution >= 0.6 is 15.6 Å². The predicted molar refractivity (Wildman–Crippen MR) is 317 cm³/mol. The van der Waals surface area contributed by atoms with Crippen LogP contribution in [-0.2, 0) is 65.4 Å². The van der Waals surface area contributed by atoms with Crippen molar-refractivity contribution >= 4 is 39.5 Å². The lowest BCUT2D eigenvalue weighted by atomic mass is 10.0. The number of phosphoric acid groups is 2. The molecular formula is C61H118O17P2. The first kappa shape index (κ1) is 78.1. The van der Waals surface area contributed by atoms with E-state index in [1.54, 1.807) is 0 Å². The number of phosphoric ester groups is 2. The van der Waals surface area contributed by atoms with Crippen LogP contribution in [0.4, 0.5) is 0 Å². The van der Waals surface area contributed by atoms with Gasteiger partial charge < -0.3 is 33.8 Å². The number of rotatable bonds is 61. The van der Waals surface area contributed by atoms with Crippen molar-refractivity contribution in [2.45, 2.75) is 323 Å². The second-order valence-electron chi connectivity index (χ2n) is 22.6. The van der Waals surface area contributed by atoms with Crippen LogP contribution in [0.5, 0.6) is 0 Å². The fraction of sp³-hybridized carbons (Fsp3) is 0.934. The Hall–Kier alpha value is -1.94. The maximum atomic E-state index is 12.9. The molecule has 3 N–H and O–H groups in total. The normalized spacial score (nSPS) is 14.3. The van der Waals surface area contributed by atoms with E-state index in [1.807, 2.05) is 0 Å². The van der Waals surface area contributed by atoms with Gasteiger partial charge in [-0.1, -0.05) is 253 Å². The molecule has 0 radical (unpaired) electrons. The van der Waals surface area contributed by atoms with E-state index in [-0.39, 0.29) is 25.7 Å². The van der Waals surface area contributed by atoms with Crippen molar-refractivity contribution in [3.63, 3.8) is 0 Å². The Balaban J connectivity index is 5.22. The zero-order valence-electron chi connectivity index (χ0n) is 51.2. The second kappa shape index (κ2) is 55.0. The maximum absolute atomic E-state index is 12.9. The number of aliphatic hydroxyl groups excluding tert-OH is 1. The number of hydrogen-bond acceptors (Lipinski definition) is 15. The number of unbranched alkanes of at least 4 members (excludes halogenated alkanes) is 33. The Morgan fingerprint density at radius 3 is 0.850 bits per heavy atom. The number of aliphatic hydroxyl groups is 1. The van der Waals surface area contributed by atoms with Gasteiger partial charge in [-0.05, 0) is 31.6 Å². The number of esters is 4. The van der Waals surface area contributed by atoms with Gasteiger partial charge in [0, 0.05) is 25.7 Å². The van der Waals surface area contributed by atoms with E-state index in [9.17, 15) is 43.2 Å². The second-order valence-corrected chi connectivity index (χ2v) is 25.5. The Bertz CT molecular complexity index is 1570. The molecule has 2 unspecified atom stereocenters. The summed E-state index contributed by atoms with van der Waals surface area (Å²) in [5.74, 6) is -1.41. The van der Waals surface area contributed by atoms with Gasteiger partial charge in [-0.3, -0.25) is 37.3 Å². The van der Waals surface area contributed by atoms with E-state index in [4.69, 9.17) is 37.0 Å². The van der Waals surface area contributed by atoms with Crippen molar-refractivity contribution in [2.24, 2.45) is 5.92 Å². The average Bonchev–Trinajstić information content (AvgIpc) is 3.42. The van der Waals surface area contributed by atoms with Crippen LogP contribution in [0.25, 0.3) is 0 Å². The van der Waals surface area contributed by atoms with Gasteiger partial charge in [0.05, 0.1) is 26.4 Å². The number of carbonyl (C=O) groups excluding carboxylic acids is 4. The van der Waals surface area contributed by atoms with E-state index in [2.05, 4.69) is 34.6 Å². The van der Waals surface area contributed by atoms with Crippen molar-refractivity contribution in [3.05, 3.63) is 0 Å². The highest BCUT2D eigenvalue weighted by atomic mass is 31.2. The smallest absolute Gasteiger partial charge is 0.462 e. The molecule has 0 spiro atoms. The SMILES string of the molecule is CCCCCCCCCCCCCCC(=O)O[C@H](COC(=O)CCCCCCCCCCC(C)C)COP(=O)(O)OC[C@@H](O)COP(=O)(O)OC[C@@H](COC(=O)CCCCCCCCCC)OC(=O)CCCCCCCCCCC. The van der Waals surface area contributed by atoms with Crippen LogP contribution in [0.3, 0.4) is 0 Å². The van der Waals surface area contributed by atoms with E-state index in [0.29, 0.717) is 25.7 Å². The molecule has 0 aliphatic carbocycles. The molecule has 0 aromatic heterocycles. The van der Waals surface area contributed by atoms with Crippen molar-refractivity contribution < 1.29 is 80.2 Å². The van der Waals surface area contributed by atoms with E-state index in [1.165, 1.54) is 122 Å². The molecule has 0 saturated heterocycles. The van der Waals surface area contributed by atoms with Crippen LogP contribution in [0.2, 0.25) is 0 Å². The molecule has 0 amide bonds. The third-order valence-electron chi connectivity index (χ3n) is 14.0. The fourth-order valence-corrected chi connectivity index (χ4v) is 10.6. The van der Waals surface area contributed by atoms with E-state index in [0.717, 1.165) is 102 Å². The third-order valence-corrected chi connectivity index (χ3v) is 15.9. The lowest BCUT2D eigenvalue weighted by molar-refractivity contribution is -0.161. The molecule has 0 saturated carbocycles. The highest BCUT2D eigenvalue weighted by Gasteiger charge is 2.30. The van der Waals surface area contributed by atoms with Crippen LogP contribution in [0.15, 0.2) is 0 Å². The lowest BCUT2D eigenvalue weighted by Gasteiger charge is -2.21.